The number of aryl methyl sites for hydroxylation is 1. The second kappa shape index (κ2) is 4.65. The minimum atomic E-state index is -0.286. The number of rotatable bonds is 1. The summed E-state index contributed by atoms with van der Waals surface area (Å²) in [6.07, 6.45) is 0. The molecule has 1 aromatic carbocycles. The Bertz CT molecular complexity index is 381. The first kappa shape index (κ1) is 11.3. The van der Waals surface area contributed by atoms with Crippen molar-refractivity contribution in [3.63, 3.8) is 0 Å². The average molecular weight is 226 g/mol. The molecule has 0 spiro atoms. The van der Waals surface area contributed by atoms with Crippen LogP contribution in [-0.4, -0.2) is 11.9 Å². The summed E-state index contributed by atoms with van der Waals surface area (Å²) in [6.45, 7) is 1.90. The van der Waals surface area contributed by atoms with E-state index in [0.29, 0.717) is 10.7 Å². The molecule has 1 aromatic rings. The molecule has 0 aromatic heterocycles. The van der Waals surface area contributed by atoms with Crippen LogP contribution >= 0.6 is 11.6 Å². The molecule has 1 rings (SSSR count). The number of benzene rings is 1. The Morgan fingerprint density at radius 2 is 2.00 bits per heavy atom. The average Bonchev–Trinajstić information content (AvgIpc) is 1.98. The lowest BCUT2D eigenvalue weighted by molar-refractivity contribution is 1.20. The summed E-state index contributed by atoms with van der Waals surface area (Å²) in [7, 11) is 0. The molecular weight excluding hydrogens is 214 g/mol. The molecule has 0 fully saturated rings. The van der Waals surface area contributed by atoms with Crippen LogP contribution in [0, 0.1) is 17.7 Å². The number of anilines is 1. The molecular formula is C9H12ClN5. The number of hydrogen-bond donors (Lipinski definition) is 5. The highest BCUT2D eigenvalue weighted by Crippen LogP contribution is 2.18. The molecule has 80 valence electrons. The van der Waals surface area contributed by atoms with Gasteiger partial charge in [0.05, 0.1) is 0 Å². The van der Waals surface area contributed by atoms with Gasteiger partial charge >= 0.3 is 0 Å². The smallest absolute Gasteiger partial charge is 0.199 e. The molecule has 0 amide bonds. The van der Waals surface area contributed by atoms with Crippen LogP contribution in [0.2, 0.25) is 5.02 Å². The quantitative estimate of drug-likeness (QED) is 0.370. The molecule has 5 nitrogen and oxygen atoms in total. The minimum absolute atomic E-state index is 0.0656. The third-order valence-corrected chi connectivity index (χ3v) is 1.79. The van der Waals surface area contributed by atoms with E-state index >= 15 is 0 Å². The zero-order chi connectivity index (χ0) is 11.4. The van der Waals surface area contributed by atoms with Crippen LogP contribution in [0.3, 0.4) is 0 Å². The van der Waals surface area contributed by atoms with Gasteiger partial charge in [0, 0.05) is 10.7 Å². The van der Waals surface area contributed by atoms with Crippen LogP contribution in [0.15, 0.2) is 18.2 Å². The van der Waals surface area contributed by atoms with Crippen LogP contribution in [0.25, 0.3) is 0 Å². The Morgan fingerprint density at radius 3 is 2.53 bits per heavy atom. The maximum absolute atomic E-state index is 7.41. The summed E-state index contributed by atoms with van der Waals surface area (Å²) in [4.78, 5) is 0. The highest BCUT2D eigenvalue weighted by molar-refractivity contribution is 6.31. The molecule has 0 saturated heterocycles. The lowest BCUT2D eigenvalue weighted by Crippen LogP contribution is -2.39. The highest BCUT2D eigenvalue weighted by atomic mass is 35.5. The van der Waals surface area contributed by atoms with Crippen LogP contribution in [0.1, 0.15) is 5.56 Å². The summed E-state index contributed by atoms with van der Waals surface area (Å²) in [5, 5.41) is 20.0. The van der Waals surface area contributed by atoms with Gasteiger partial charge in [-0.25, -0.2) is 0 Å². The van der Waals surface area contributed by atoms with E-state index in [1.165, 1.54) is 0 Å². The standard InChI is InChI=1S/C9H12ClN5/c1-5-2-6(10)4-7(3-5)14-9(13)15-8(11)12/h2-4H,1H3,(H6,11,12,13,14,15). The van der Waals surface area contributed by atoms with E-state index < -0.39 is 0 Å². The lowest BCUT2D eigenvalue weighted by Gasteiger charge is -2.09. The fraction of sp³-hybridized carbons (Fsp3) is 0.111. The third kappa shape index (κ3) is 3.86. The van der Waals surface area contributed by atoms with Crippen molar-refractivity contribution in [2.75, 3.05) is 5.32 Å². The van der Waals surface area contributed by atoms with Gasteiger partial charge in [-0.2, -0.15) is 0 Å². The van der Waals surface area contributed by atoms with Crippen LogP contribution < -0.4 is 16.4 Å². The van der Waals surface area contributed by atoms with Crippen LogP contribution in [0.5, 0.6) is 0 Å². The number of guanidine groups is 2. The van der Waals surface area contributed by atoms with Crippen molar-refractivity contribution in [3.8, 4) is 0 Å². The summed E-state index contributed by atoms with van der Waals surface area (Å²) in [5.74, 6) is -0.351. The van der Waals surface area contributed by atoms with Gasteiger partial charge < -0.3 is 11.1 Å². The molecule has 0 bridgehead atoms. The number of halogens is 1. The Kier molecular flexibility index (Phi) is 3.51. The number of nitrogens with one attached hydrogen (secondary N) is 4. The maximum Gasteiger partial charge on any atom is 0.199 e. The number of hydrogen-bond acceptors (Lipinski definition) is 2. The van der Waals surface area contributed by atoms with Gasteiger partial charge in [0.25, 0.3) is 0 Å². The first-order valence-corrected chi connectivity index (χ1v) is 4.59. The molecule has 0 aliphatic heterocycles. The van der Waals surface area contributed by atoms with Gasteiger partial charge in [0.15, 0.2) is 11.9 Å². The molecule has 6 N–H and O–H groups in total. The largest absolute Gasteiger partial charge is 0.370 e. The first-order chi connectivity index (χ1) is 6.97. The topological polar surface area (TPSA) is 97.8 Å². The Labute approximate surface area is 92.6 Å². The molecule has 6 heteroatoms. The van der Waals surface area contributed by atoms with Gasteiger partial charge in [0.1, 0.15) is 0 Å². The fourth-order valence-corrected chi connectivity index (χ4v) is 1.41. The minimum Gasteiger partial charge on any atom is -0.370 e. The van der Waals surface area contributed by atoms with Crippen molar-refractivity contribution < 1.29 is 0 Å². The predicted octanol–water partition coefficient (Wildman–Crippen LogP) is 1.48. The lowest BCUT2D eigenvalue weighted by atomic mass is 10.2. The van der Waals surface area contributed by atoms with E-state index in [-0.39, 0.29) is 11.9 Å². The molecule has 0 aliphatic carbocycles. The molecule has 0 saturated carbocycles. The van der Waals surface area contributed by atoms with Crippen molar-refractivity contribution in [1.29, 1.82) is 10.8 Å². The Morgan fingerprint density at radius 1 is 1.33 bits per heavy atom. The molecule has 0 heterocycles. The highest BCUT2D eigenvalue weighted by Gasteiger charge is 2.00. The van der Waals surface area contributed by atoms with E-state index in [9.17, 15) is 0 Å². The molecule has 0 atom stereocenters. The van der Waals surface area contributed by atoms with Gasteiger partial charge in [-0.3, -0.25) is 16.1 Å². The van der Waals surface area contributed by atoms with Gasteiger partial charge in [-0.1, -0.05) is 11.6 Å². The molecule has 0 radical (unpaired) electrons. The van der Waals surface area contributed by atoms with Crippen molar-refractivity contribution >= 4 is 29.2 Å². The summed E-state index contributed by atoms with van der Waals surface area (Å²) < 4.78 is 0. The van der Waals surface area contributed by atoms with Crippen LogP contribution in [0.4, 0.5) is 5.69 Å². The van der Waals surface area contributed by atoms with E-state index in [0.717, 1.165) is 5.56 Å². The fourth-order valence-electron chi connectivity index (χ4n) is 1.12. The second-order valence-electron chi connectivity index (χ2n) is 3.06. The van der Waals surface area contributed by atoms with E-state index in [1.54, 1.807) is 6.07 Å². The monoisotopic (exact) mass is 225 g/mol. The van der Waals surface area contributed by atoms with Gasteiger partial charge in [-0.15, -0.1) is 0 Å². The van der Waals surface area contributed by atoms with Crippen molar-refractivity contribution in [1.82, 2.24) is 5.32 Å². The van der Waals surface area contributed by atoms with Crippen molar-refractivity contribution in [2.45, 2.75) is 6.92 Å². The van der Waals surface area contributed by atoms with Crippen molar-refractivity contribution in [2.24, 2.45) is 5.73 Å². The zero-order valence-corrected chi connectivity index (χ0v) is 8.94. The predicted molar refractivity (Wildman–Crippen MR) is 62.6 cm³/mol. The molecule has 0 unspecified atom stereocenters. The molecule has 0 aliphatic rings. The Balaban J connectivity index is 2.72. The van der Waals surface area contributed by atoms with E-state index in [2.05, 4.69) is 10.6 Å². The Hall–Kier alpha value is -1.75. The normalized spacial score (nSPS) is 9.47. The maximum atomic E-state index is 7.41. The van der Waals surface area contributed by atoms with Gasteiger partial charge in [-0.05, 0) is 30.7 Å². The molecule has 15 heavy (non-hydrogen) atoms. The van der Waals surface area contributed by atoms with E-state index in [4.69, 9.17) is 28.2 Å². The van der Waals surface area contributed by atoms with Gasteiger partial charge in [0.2, 0.25) is 0 Å². The zero-order valence-electron chi connectivity index (χ0n) is 8.19. The van der Waals surface area contributed by atoms with Crippen molar-refractivity contribution in [3.05, 3.63) is 28.8 Å². The number of nitrogens with two attached hydrogens (primary N) is 1. The third-order valence-electron chi connectivity index (χ3n) is 1.57. The second-order valence-corrected chi connectivity index (χ2v) is 3.49. The SMILES string of the molecule is Cc1cc(Cl)cc(NC(=N)NC(=N)N)c1. The summed E-state index contributed by atoms with van der Waals surface area (Å²) in [5.41, 5.74) is 6.74. The first-order valence-electron chi connectivity index (χ1n) is 4.21. The summed E-state index contributed by atoms with van der Waals surface area (Å²) >= 11 is 5.84. The van der Waals surface area contributed by atoms with Crippen LogP contribution in [-0.2, 0) is 0 Å². The summed E-state index contributed by atoms with van der Waals surface area (Å²) in [6, 6.07) is 5.34. The van der Waals surface area contributed by atoms with E-state index in [1.807, 2.05) is 19.1 Å².